The van der Waals surface area contributed by atoms with E-state index in [-0.39, 0.29) is 12.3 Å². The number of fused-ring (bicyclic) bond motifs is 3. The minimum atomic E-state index is -0.697. The van der Waals surface area contributed by atoms with Gasteiger partial charge in [-0.1, -0.05) is 19.9 Å². The van der Waals surface area contributed by atoms with Gasteiger partial charge in [-0.05, 0) is 54.4 Å². The maximum absolute atomic E-state index is 11.1. The highest BCUT2D eigenvalue weighted by Crippen LogP contribution is 2.39. The molecule has 0 saturated carbocycles. The van der Waals surface area contributed by atoms with Crippen LogP contribution < -0.4 is 0 Å². The molecule has 20 heavy (non-hydrogen) atoms. The fourth-order valence-corrected chi connectivity index (χ4v) is 3.39. The van der Waals surface area contributed by atoms with Gasteiger partial charge in [0.15, 0.2) is 0 Å². The fourth-order valence-electron chi connectivity index (χ4n) is 3.39. The molecule has 106 valence electrons. The third kappa shape index (κ3) is 2.21. The number of carboxylic acid groups (broad SMARTS) is 1. The number of carbonyl (C=O) groups is 1. The molecule has 0 spiro atoms. The van der Waals surface area contributed by atoms with Crippen LogP contribution in [0.1, 0.15) is 61.8 Å². The van der Waals surface area contributed by atoms with Crippen LogP contribution in [0.2, 0.25) is 0 Å². The van der Waals surface area contributed by atoms with Crippen LogP contribution in [-0.2, 0) is 11.2 Å². The van der Waals surface area contributed by atoms with Crippen molar-refractivity contribution in [2.24, 2.45) is 0 Å². The van der Waals surface area contributed by atoms with Crippen LogP contribution in [0.4, 0.5) is 0 Å². The molecule has 1 atom stereocenters. The largest absolute Gasteiger partial charge is 0.481 e. The monoisotopic (exact) mass is 271 g/mol. The Kier molecular flexibility index (Phi) is 3.28. The summed E-state index contributed by atoms with van der Waals surface area (Å²) in [7, 11) is 0. The third-order valence-corrected chi connectivity index (χ3v) is 4.42. The third-order valence-electron chi connectivity index (χ3n) is 4.42. The molecule has 1 heterocycles. The molecule has 1 aliphatic carbocycles. The van der Waals surface area contributed by atoms with Crippen molar-refractivity contribution < 1.29 is 9.90 Å². The van der Waals surface area contributed by atoms with Crippen molar-refractivity contribution in [3.05, 3.63) is 35.0 Å². The van der Waals surface area contributed by atoms with E-state index in [4.69, 9.17) is 5.11 Å². The van der Waals surface area contributed by atoms with E-state index in [1.54, 1.807) is 0 Å². The topological polar surface area (TPSA) is 53.1 Å². The summed E-state index contributed by atoms with van der Waals surface area (Å²) in [6.07, 6.45) is 3.34. The second kappa shape index (κ2) is 4.97. The van der Waals surface area contributed by atoms with Gasteiger partial charge in [0.1, 0.15) is 0 Å². The van der Waals surface area contributed by atoms with Gasteiger partial charge in [0, 0.05) is 16.6 Å². The Morgan fingerprint density at radius 3 is 2.95 bits per heavy atom. The Morgan fingerprint density at radius 2 is 2.25 bits per heavy atom. The maximum atomic E-state index is 11.1. The standard InChI is InChI=1S/C17H21NO2/c1-10(2)11-6-7-14-13(8-11)17-12(9-16(19)20)4-3-5-15(17)18-14/h6-8,10,12,18H,3-5,9H2,1-2H3,(H,19,20). The van der Waals surface area contributed by atoms with E-state index in [0.717, 1.165) is 24.8 Å². The summed E-state index contributed by atoms with van der Waals surface area (Å²) in [5.41, 5.74) is 4.98. The van der Waals surface area contributed by atoms with Crippen LogP contribution in [0, 0.1) is 0 Å². The summed E-state index contributed by atoms with van der Waals surface area (Å²) < 4.78 is 0. The quantitative estimate of drug-likeness (QED) is 0.879. The smallest absolute Gasteiger partial charge is 0.303 e. The molecule has 2 N–H and O–H groups in total. The molecular formula is C17H21NO2. The zero-order valence-corrected chi connectivity index (χ0v) is 12.1. The molecule has 1 aromatic heterocycles. The number of carboxylic acids is 1. The number of hydrogen-bond acceptors (Lipinski definition) is 1. The summed E-state index contributed by atoms with van der Waals surface area (Å²) in [6, 6.07) is 6.55. The zero-order valence-electron chi connectivity index (χ0n) is 12.1. The molecule has 3 rings (SSSR count). The first kappa shape index (κ1) is 13.2. The number of nitrogens with one attached hydrogen (secondary N) is 1. The number of aliphatic carboxylic acids is 1. The molecule has 0 amide bonds. The first-order chi connectivity index (χ1) is 9.56. The fraction of sp³-hybridized carbons (Fsp3) is 0.471. The second-order valence-corrected chi connectivity index (χ2v) is 6.16. The number of H-pyrrole nitrogens is 1. The molecule has 0 saturated heterocycles. The van der Waals surface area contributed by atoms with Crippen molar-refractivity contribution >= 4 is 16.9 Å². The zero-order chi connectivity index (χ0) is 14.3. The van der Waals surface area contributed by atoms with Gasteiger partial charge in [0.2, 0.25) is 0 Å². The Labute approximate surface area is 119 Å². The molecular weight excluding hydrogens is 250 g/mol. The van der Waals surface area contributed by atoms with Gasteiger partial charge in [-0.15, -0.1) is 0 Å². The minimum Gasteiger partial charge on any atom is -0.481 e. The van der Waals surface area contributed by atoms with Crippen LogP contribution in [0.25, 0.3) is 10.9 Å². The van der Waals surface area contributed by atoms with Gasteiger partial charge in [-0.3, -0.25) is 4.79 Å². The summed E-state index contributed by atoms with van der Waals surface area (Å²) in [5, 5.41) is 10.4. The molecule has 2 aromatic rings. The van der Waals surface area contributed by atoms with Gasteiger partial charge in [0.05, 0.1) is 6.42 Å². The molecule has 0 fully saturated rings. The first-order valence-electron chi connectivity index (χ1n) is 7.42. The molecule has 1 aromatic carbocycles. The average molecular weight is 271 g/mol. The number of aromatic amines is 1. The minimum absolute atomic E-state index is 0.160. The first-order valence-corrected chi connectivity index (χ1v) is 7.42. The van der Waals surface area contributed by atoms with Gasteiger partial charge < -0.3 is 10.1 Å². The molecule has 1 aliphatic rings. The van der Waals surface area contributed by atoms with Crippen LogP contribution >= 0.6 is 0 Å². The van der Waals surface area contributed by atoms with Crippen LogP contribution in [-0.4, -0.2) is 16.1 Å². The molecule has 3 heteroatoms. The number of rotatable bonds is 3. The number of benzene rings is 1. The molecule has 0 bridgehead atoms. The van der Waals surface area contributed by atoms with Crippen molar-refractivity contribution in [2.45, 2.75) is 51.4 Å². The van der Waals surface area contributed by atoms with Crippen LogP contribution in [0.3, 0.4) is 0 Å². The number of aromatic nitrogens is 1. The van der Waals surface area contributed by atoms with Crippen LogP contribution in [0.15, 0.2) is 18.2 Å². The second-order valence-electron chi connectivity index (χ2n) is 6.16. The summed E-state index contributed by atoms with van der Waals surface area (Å²) in [4.78, 5) is 14.6. The van der Waals surface area contributed by atoms with E-state index in [0.29, 0.717) is 5.92 Å². The predicted molar refractivity (Wildman–Crippen MR) is 80.3 cm³/mol. The van der Waals surface area contributed by atoms with Crippen molar-refractivity contribution in [3.8, 4) is 0 Å². The highest BCUT2D eigenvalue weighted by molar-refractivity contribution is 5.87. The van der Waals surface area contributed by atoms with Gasteiger partial charge in [-0.2, -0.15) is 0 Å². The van der Waals surface area contributed by atoms with E-state index in [2.05, 4.69) is 37.0 Å². The highest BCUT2D eigenvalue weighted by atomic mass is 16.4. The Hall–Kier alpha value is -1.77. The summed E-state index contributed by atoms with van der Waals surface area (Å²) >= 11 is 0. The maximum Gasteiger partial charge on any atom is 0.303 e. The normalized spacial score (nSPS) is 18.4. The molecule has 1 unspecified atom stereocenters. The van der Waals surface area contributed by atoms with Crippen molar-refractivity contribution in [1.29, 1.82) is 0 Å². The SMILES string of the molecule is CC(C)c1ccc2[nH]c3c(c2c1)C(CC(=O)O)CCC3. The lowest BCUT2D eigenvalue weighted by Crippen LogP contribution is -2.12. The van der Waals surface area contributed by atoms with Crippen molar-refractivity contribution in [1.82, 2.24) is 4.98 Å². The molecule has 0 aliphatic heterocycles. The Balaban J connectivity index is 2.14. The highest BCUT2D eigenvalue weighted by Gasteiger charge is 2.26. The van der Waals surface area contributed by atoms with E-state index in [9.17, 15) is 4.79 Å². The van der Waals surface area contributed by atoms with E-state index < -0.39 is 5.97 Å². The predicted octanol–water partition coefficient (Wildman–Crippen LogP) is 4.19. The van der Waals surface area contributed by atoms with Crippen molar-refractivity contribution in [2.75, 3.05) is 0 Å². The van der Waals surface area contributed by atoms with Gasteiger partial charge in [-0.25, -0.2) is 0 Å². The van der Waals surface area contributed by atoms with E-state index >= 15 is 0 Å². The Morgan fingerprint density at radius 1 is 1.45 bits per heavy atom. The van der Waals surface area contributed by atoms with Crippen LogP contribution in [0.5, 0.6) is 0 Å². The van der Waals surface area contributed by atoms with Gasteiger partial charge >= 0.3 is 5.97 Å². The average Bonchev–Trinajstić information content (AvgIpc) is 2.76. The Bertz CT molecular complexity index is 654. The lowest BCUT2D eigenvalue weighted by atomic mass is 9.82. The van der Waals surface area contributed by atoms with Gasteiger partial charge in [0.25, 0.3) is 0 Å². The van der Waals surface area contributed by atoms with E-state index in [1.165, 1.54) is 22.2 Å². The summed E-state index contributed by atoms with van der Waals surface area (Å²) in [6.45, 7) is 4.38. The molecule has 0 radical (unpaired) electrons. The lowest BCUT2D eigenvalue weighted by molar-refractivity contribution is -0.137. The number of hydrogen-bond donors (Lipinski definition) is 2. The lowest BCUT2D eigenvalue weighted by Gasteiger charge is -2.21. The number of aryl methyl sites for hydroxylation is 1. The molecule has 3 nitrogen and oxygen atoms in total. The summed E-state index contributed by atoms with van der Waals surface area (Å²) in [5.74, 6) is -0.0453. The van der Waals surface area contributed by atoms with Crippen molar-refractivity contribution in [3.63, 3.8) is 0 Å². The van der Waals surface area contributed by atoms with E-state index in [1.807, 2.05) is 0 Å².